The number of hydrogen-bond acceptors (Lipinski definition) is 1. The Labute approximate surface area is 212 Å². The zero-order valence-electron chi connectivity index (χ0n) is 18.3. The van der Waals surface area contributed by atoms with Crippen molar-refractivity contribution in [2.75, 3.05) is 0 Å². The summed E-state index contributed by atoms with van der Waals surface area (Å²) in [7, 11) is 76.2. The molecular formula is C5H9B24NO. The third kappa shape index (κ3) is 11.3. The number of hydrogen-bond donors (Lipinski definition) is 1. The topological polar surface area (TPSA) is 29.1 Å². The van der Waals surface area contributed by atoms with Crippen LogP contribution in [0.3, 0.4) is 0 Å². The fourth-order valence-electron chi connectivity index (χ4n) is 3.85. The highest BCUT2D eigenvalue weighted by Crippen LogP contribution is 2.18. The molecule has 1 rings (SSSR count). The van der Waals surface area contributed by atoms with Gasteiger partial charge in [0.2, 0.25) is 5.91 Å². The number of amides is 1. The van der Waals surface area contributed by atoms with Crippen molar-refractivity contribution in [3.63, 3.8) is 0 Å². The molecule has 0 aliphatic heterocycles. The van der Waals surface area contributed by atoms with Crippen molar-refractivity contribution >= 4 is 177 Å². The molecule has 0 bridgehead atoms. The van der Waals surface area contributed by atoms with Gasteiger partial charge in [0.15, 0.2) is 0 Å². The number of nitrogens with one attached hydrogen (secondary N) is 1. The van der Waals surface area contributed by atoms with Crippen LogP contribution >= 0.6 is 0 Å². The fourth-order valence-corrected chi connectivity index (χ4v) is 3.85. The molecule has 1 saturated carbocycles. The summed E-state index contributed by atoms with van der Waals surface area (Å²) in [5, 5.41) is 2.78. The van der Waals surface area contributed by atoms with Crippen LogP contribution in [0.4, 0.5) is 0 Å². The standard InChI is InChI=1S/C5H9NO.B24/c1-4(7)6-5-2-3-5;1-14(2)20(13)23(19(11)12)24(21(15(3)4)16(5)6)22(17(7)8)18(9)10/h5H,2-3H2,1H3,(H,6,7);. The van der Waals surface area contributed by atoms with E-state index in [4.69, 9.17) is 101 Å². The van der Waals surface area contributed by atoms with E-state index < -0.39 is 70.2 Å². The van der Waals surface area contributed by atoms with Crippen molar-refractivity contribution in [2.45, 2.75) is 25.8 Å². The predicted octanol–water partition coefficient (Wildman–Crippen LogP) is -8.85. The van der Waals surface area contributed by atoms with E-state index in [2.05, 4.69) is 5.32 Å². The second kappa shape index (κ2) is 15.1. The molecule has 0 aromatic heterocycles. The summed E-state index contributed by atoms with van der Waals surface area (Å²) in [6.45, 7) is 1.55. The highest BCUT2D eigenvalue weighted by Gasteiger charge is 2.48. The lowest BCUT2D eigenvalue weighted by Gasteiger charge is -2.46. The highest BCUT2D eigenvalue weighted by atomic mass is 16.1. The van der Waals surface area contributed by atoms with Crippen molar-refractivity contribution in [3.8, 4) is 0 Å². The molecule has 26 radical (unpaired) electrons. The van der Waals surface area contributed by atoms with Crippen LogP contribution in [0.25, 0.3) is 0 Å². The molecule has 1 fully saturated rings. The lowest BCUT2D eigenvalue weighted by Crippen LogP contribution is -2.84. The summed E-state index contributed by atoms with van der Waals surface area (Å²) >= 11 is 0. The molecule has 2 nitrogen and oxygen atoms in total. The molecule has 0 saturated heterocycles. The molecule has 31 heavy (non-hydrogen) atoms. The summed E-state index contributed by atoms with van der Waals surface area (Å²) in [6, 6.07) is 0.525. The molecule has 112 valence electrons. The normalized spacial score (nSPS) is 11.5. The molecule has 0 atom stereocenters. The molecular weight excluding hydrogens is 350 g/mol. The van der Waals surface area contributed by atoms with Crippen LogP contribution in [0.5, 0.6) is 0 Å². The largest absolute Gasteiger partial charge is 0.354 e. The average Bonchev–Trinajstić information content (AvgIpc) is 3.36. The predicted molar refractivity (Wildman–Crippen MR) is 165 cm³/mol. The SMILES string of the molecule is CC(=O)NC1CC1.[B]B([B])B([B])B(B([B])[B])B(B(B([B])[B])B([B])[B])B(B([B])[B])B([B])[B]. The lowest BCUT2D eigenvalue weighted by molar-refractivity contribution is -0.119. The van der Waals surface area contributed by atoms with Gasteiger partial charge in [-0.3, -0.25) is 4.79 Å². The molecule has 1 N–H and O–H groups in total. The minimum atomic E-state index is -0.973. The second-order valence-corrected chi connectivity index (χ2v) is 8.33. The summed E-state index contributed by atoms with van der Waals surface area (Å²) in [5.74, 6) is 0.0995. The van der Waals surface area contributed by atoms with E-state index in [1.165, 1.54) is 12.8 Å². The third-order valence-electron chi connectivity index (χ3n) is 5.43. The van der Waals surface area contributed by atoms with Gasteiger partial charge in [-0.25, -0.2) is 0 Å². The molecule has 0 aromatic carbocycles. The van der Waals surface area contributed by atoms with Gasteiger partial charge in [-0.15, -0.1) is 0 Å². The van der Waals surface area contributed by atoms with E-state index in [0.29, 0.717) is 6.04 Å². The van der Waals surface area contributed by atoms with Crippen LogP contribution in [0.1, 0.15) is 19.8 Å². The van der Waals surface area contributed by atoms with Crippen molar-refractivity contribution < 1.29 is 4.79 Å². The zero-order chi connectivity index (χ0) is 24.6. The average molecular weight is 359 g/mol. The quantitative estimate of drug-likeness (QED) is 0.365. The number of carbonyl (C=O) groups is 1. The maximum absolute atomic E-state index is 10.2. The van der Waals surface area contributed by atoms with Gasteiger partial charge in [0.25, 0.3) is 0 Å². The Morgan fingerprint density at radius 1 is 0.581 bits per heavy atom. The lowest BCUT2D eigenvalue weighted by atomic mass is 8.35. The Kier molecular flexibility index (Phi) is 15.6. The highest BCUT2D eigenvalue weighted by molar-refractivity contribution is 8.23. The van der Waals surface area contributed by atoms with Crippen molar-refractivity contribution in [3.05, 3.63) is 0 Å². The van der Waals surface area contributed by atoms with Gasteiger partial charge in [0.1, 0.15) is 0 Å². The molecule has 1 aliphatic carbocycles. The number of carbonyl (C=O) groups excluding carboxylic acids is 1. The monoisotopic (exact) mass is 363 g/mol. The van der Waals surface area contributed by atoms with Crippen LogP contribution in [0.2, 0.25) is 0 Å². The Morgan fingerprint density at radius 2 is 0.903 bits per heavy atom. The molecule has 0 unspecified atom stereocenters. The van der Waals surface area contributed by atoms with E-state index >= 15 is 0 Å². The smallest absolute Gasteiger partial charge is 0.217 e. The number of rotatable bonds is 11. The Morgan fingerprint density at radius 3 is 1.06 bits per heavy atom. The summed E-state index contributed by atoms with van der Waals surface area (Å²) in [4.78, 5) is 10.2. The first-order chi connectivity index (χ1) is 14.1. The van der Waals surface area contributed by atoms with E-state index in [1.807, 2.05) is 0 Å². The van der Waals surface area contributed by atoms with Crippen molar-refractivity contribution in [1.82, 2.24) is 5.32 Å². The van der Waals surface area contributed by atoms with Gasteiger partial charge in [-0.05, 0) is 12.8 Å². The fraction of sp³-hybridized carbons (Fsp3) is 0.800. The first-order valence-corrected chi connectivity index (χ1v) is 10.2. The van der Waals surface area contributed by atoms with Gasteiger partial charge >= 0.3 is 0 Å². The van der Waals surface area contributed by atoms with Gasteiger partial charge in [-0.1, -0.05) is 0 Å². The van der Waals surface area contributed by atoms with Crippen LogP contribution in [-0.4, -0.2) is 183 Å². The van der Waals surface area contributed by atoms with Gasteiger partial charge in [-0.2, -0.15) is 0 Å². The minimum absolute atomic E-state index is 0.0995. The molecule has 1 amide bonds. The molecule has 26 heteroatoms. The molecule has 0 spiro atoms. The summed E-state index contributed by atoms with van der Waals surface area (Å²) < 4.78 is 0. The van der Waals surface area contributed by atoms with Crippen LogP contribution < -0.4 is 5.32 Å². The first kappa shape index (κ1) is 32.0. The Hall–Kier alpha value is 1.03. The van der Waals surface area contributed by atoms with Gasteiger partial charge in [0.05, 0.1) is 0 Å². The first-order valence-electron chi connectivity index (χ1n) is 10.2. The second-order valence-electron chi connectivity index (χ2n) is 8.33. The van der Waals surface area contributed by atoms with Gasteiger partial charge < -0.3 is 5.32 Å². The van der Waals surface area contributed by atoms with Crippen molar-refractivity contribution in [2.24, 2.45) is 0 Å². The summed E-state index contributed by atoms with van der Waals surface area (Å²) in [5.41, 5.74) is 0. The van der Waals surface area contributed by atoms with E-state index in [9.17, 15) is 4.79 Å². The van der Waals surface area contributed by atoms with Crippen LogP contribution in [-0.2, 0) is 4.79 Å². The minimum Gasteiger partial charge on any atom is -0.354 e. The molecule has 1 aliphatic rings. The van der Waals surface area contributed by atoms with Crippen LogP contribution in [0, 0.1) is 0 Å². The zero-order valence-corrected chi connectivity index (χ0v) is 18.3. The van der Waals surface area contributed by atoms with Crippen molar-refractivity contribution in [1.29, 1.82) is 0 Å². The Balaban J connectivity index is 0.00000107. The molecule has 0 heterocycles. The van der Waals surface area contributed by atoms with E-state index in [0.717, 1.165) is 0 Å². The third-order valence-corrected chi connectivity index (χ3v) is 5.43. The Bertz CT molecular complexity index is 470. The summed E-state index contributed by atoms with van der Waals surface area (Å²) in [6.07, 6.45) is -7.20. The van der Waals surface area contributed by atoms with E-state index in [1.54, 1.807) is 6.92 Å². The maximum Gasteiger partial charge on any atom is 0.217 e. The van der Waals surface area contributed by atoms with E-state index in [-0.39, 0.29) is 5.91 Å². The maximum atomic E-state index is 10.2. The van der Waals surface area contributed by atoms with Crippen LogP contribution in [0.15, 0.2) is 0 Å². The molecule has 0 aromatic rings. The van der Waals surface area contributed by atoms with Gasteiger partial charge in [0, 0.05) is 184 Å².